The average Bonchev–Trinajstić information content (AvgIpc) is 2.32. The van der Waals surface area contributed by atoms with Crippen molar-refractivity contribution in [2.24, 2.45) is 5.73 Å². The Kier molecular flexibility index (Phi) is 5.76. The minimum Gasteiger partial charge on any atom is -0.493 e. The molecule has 4 nitrogen and oxygen atoms in total. The van der Waals surface area contributed by atoms with E-state index < -0.39 is 0 Å². The van der Waals surface area contributed by atoms with Crippen molar-refractivity contribution in [3.63, 3.8) is 0 Å². The Morgan fingerprint density at radius 3 is 2.42 bits per heavy atom. The van der Waals surface area contributed by atoms with Gasteiger partial charge in [-0.2, -0.15) is 0 Å². The van der Waals surface area contributed by atoms with E-state index in [1.807, 2.05) is 32.9 Å². The molecule has 1 rings (SSSR count). The Hall–Kier alpha value is -1.62. The maximum atomic E-state index is 11.3. The van der Waals surface area contributed by atoms with Crippen LogP contribution in [0.5, 0.6) is 5.75 Å². The van der Waals surface area contributed by atoms with Crippen molar-refractivity contribution in [1.29, 1.82) is 0 Å². The summed E-state index contributed by atoms with van der Waals surface area (Å²) in [5.74, 6) is 0.793. The highest BCUT2D eigenvalue weighted by atomic mass is 32.1. The van der Waals surface area contributed by atoms with Crippen LogP contribution in [0.15, 0.2) is 12.1 Å². The van der Waals surface area contributed by atoms with Crippen LogP contribution in [0, 0.1) is 13.8 Å². The molecule has 104 valence electrons. The van der Waals surface area contributed by atoms with Crippen LogP contribution < -0.4 is 15.8 Å². The number of thiocarbonyl (C=S) groups is 1. The fourth-order valence-corrected chi connectivity index (χ4v) is 1.97. The highest BCUT2D eigenvalue weighted by Gasteiger charge is 2.08. The Labute approximate surface area is 119 Å². The van der Waals surface area contributed by atoms with Crippen LogP contribution in [0.25, 0.3) is 0 Å². The summed E-state index contributed by atoms with van der Waals surface area (Å²) in [6.07, 6.45) is 0.351. The number of rotatable bonds is 6. The molecule has 0 heterocycles. The van der Waals surface area contributed by atoms with Crippen LogP contribution in [0.1, 0.15) is 30.0 Å². The van der Waals surface area contributed by atoms with Gasteiger partial charge in [-0.1, -0.05) is 12.2 Å². The van der Waals surface area contributed by atoms with E-state index in [1.165, 1.54) is 0 Å². The van der Waals surface area contributed by atoms with Gasteiger partial charge in [0.2, 0.25) is 5.91 Å². The van der Waals surface area contributed by atoms with E-state index >= 15 is 0 Å². The third-order valence-electron chi connectivity index (χ3n) is 2.69. The van der Waals surface area contributed by atoms with E-state index in [2.05, 4.69) is 5.32 Å². The highest BCUT2D eigenvalue weighted by molar-refractivity contribution is 7.80. The van der Waals surface area contributed by atoms with Crippen LogP contribution in [0.2, 0.25) is 0 Å². The van der Waals surface area contributed by atoms with Crippen molar-refractivity contribution in [1.82, 2.24) is 5.32 Å². The van der Waals surface area contributed by atoms with Gasteiger partial charge in [0.05, 0.1) is 13.0 Å². The second-order valence-corrected chi connectivity index (χ2v) is 4.80. The van der Waals surface area contributed by atoms with Gasteiger partial charge in [-0.15, -0.1) is 0 Å². The zero-order chi connectivity index (χ0) is 14.4. The molecule has 0 saturated heterocycles. The number of hydrogen-bond donors (Lipinski definition) is 2. The second kappa shape index (κ2) is 7.09. The molecule has 0 bridgehead atoms. The first kappa shape index (κ1) is 15.4. The fraction of sp³-hybridized carbons (Fsp3) is 0.429. The predicted molar refractivity (Wildman–Crippen MR) is 80.6 cm³/mol. The first-order valence-corrected chi connectivity index (χ1v) is 6.67. The number of nitrogens with one attached hydrogen (secondary N) is 1. The van der Waals surface area contributed by atoms with Gasteiger partial charge in [-0.05, 0) is 44.0 Å². The standard InChI is InChI=1S/C14H20N2O2S/c1-4-16-12(17)5-6-18-13-9(2)7-11(14(15)19)8-10(13)3/h7-8H,4-6H2,1-3H3,(H2,15,19)(H,16,17). The minimum atomic E-state index is -0.00226. The average molecular weight is 280 g/mol. The second-order valence-electron chi connectivity index (χ2n) is 4.36. The normalized spacial score (nSPS) is 10.1. The summed E-state index contributed by atoms with van der Waals surface area (Å²) in [4.78, 5) is 11.7. The lowest BCUT2D eigenvalue weighted by Crippen LogP contribution is -2.24. The summed E-state index contributed by atoms with van der Waals surface area (Å²) in [6, 6.07) is 3.80. The van der Waals surface area contributed by atoms with Crippen LogP contribution >= 0.6 is 12.2 Å². The lowest BCUT2D eigenvalue weighted by atomic mass is 10.1. The predicted octanol–water partition coefficient (Wildman–Crippen LogP) is 1.84. The molecule has 19 heavy (non-hydrogen) atoms. The number of nitrogens with two attached hydrogens (primary N) is 1. The highest BCUT2D eigenvalue weighted by Crippen LogP contribution is 2.24. The molecule has 0 atom stereocenters. The molecule has 0 saturated carbocycles. The van der Waals surface area contributed by atoms with E-state index in [4.69, 9.17) is 22.7 Å². The van der Waals surface area contributed by atoms with Crippen LogP contribution in [0.3, 0.4) is 0 Å². The number of ether oxygens (including phenoxy) is 1. The van der Waals surface area contributed by atoms with Gasteiger partial charge in [0.15, 0.2) is 0 Å². The SMILES string of the molecule is CCNC(=O)CCOc1c(C)cc(C(N)=S)cc1C. The Morgan fingerprint density at radius 1 is 1.37 bits per heavy atom. The van der Waals surface area contributed by atoms with Gasteiger partial charge in [-0.25, -0.2) is 0 Å². The van der Waals surface area contributed by atoms with Gasteiger partial charge in [0.25, 0.3) is 0 Å². The lowest BCUT2D eigenvalue weighted by Gasteiger charge is -2.13. The van der Waals surface area contributed by atoms with Gasteiger partial charge in [0, 0.05) is 12.1 Å². The molecule has 1 aromatic carbocycles. The quantitative estimate of drug-likeness (QED) is 0.781. The molecule has 3 N–H and O–H groups in total. The number of carbonyl (C=O) groups is 1. The summed E-state index contributed by atoms with van der Waals surface area (Å²) < 4.78 is 5.67. The molecule has 0 aromatic heterocycles. The van der Waals surface area contributed by atoms with Crippen molar-refractivity contribution in [2.45, 2.75) is 27.2 Å². The van der Waals surface area contributed by atoms with Gasteiger partial charge >= 0.3 is 0 Å². The number of aryl methyl sites for hydroxylation is 2. The number of hydrogen-bond acceptors (Lipinski definition) is 3. The van der Waals surface area contributed by atoms with Crippen molar-refractivity contribution in [3.8, 4) is 5.75 Å². The minimum absolute atomic E-state index is 0.00226. The van der Waals surface area contributed by atoms with Crippen molar-refractivity contribution in [2.75, 3.05) is 13.2 Å². The Morgan fingerprint density at radius 2 is 1.95 bits per heavy atom. The zero-order valence-electron chi connectivity index (χ0n) is 11.6. The summed E-state index contributed by atoms with van der Waals surface area (Å²) in [6.45, 7) is 6.77. The molecule has 1 aromatic rings. The molecule has 0 unspecified atom stereocenters. The molecule has 5 heteroatoms. The summed E-state index contributed by atoms with van der Waals surface area (Å²) in [5.41, 5.74) is 8.39. The molecule has 0 fully saturated rings. The third-order valence-corrected chi connectivity index (χ3v) is 2.93. The van der Waals surface area contributed by atoms with E-state index in [-0.39, 0.29) is 5.91 Å². The summed E-state index contributed by atoms with van der Waals surface area (Å²) >= 11 is 4.96. The zero-order valence-corrected chi connectivity index (χ0v) is 12.4. The molecular weight excluding hydrogens is 260 g/mol. The van der Waals surface area contributed by atoms with E-state index in [1.54, 1.807) is 0 Å². The Balaban J connectivity index is 2.69. The first-order valence-electron chi connectivity index (χ1n) is 6.26. The summed E-state index contributed by atoms with van der Waals surface area (Å²) in [7, 11) is 0. The van der Waals surface area contributed by atoms with E-state index in [0.29, 0.717) is 24.6 Å². The van der Waals surface area contributed by atoms with Crippen molar-refractivity contribution < 1.29 is 9.53 Å². The van der Waals surface area contributed by atoms with Crippen molar-refractivity contribution in [3.05, 3.63) is 28.8 Å². The fourth-order valence-electron chi connectivity index (χ4n) is 1.85. The molecule has 0 aliphatic rings. The molecule has 0 aliphatic heterocycles. The molecule has 0 spiro atoms. The number of carbonyl (C=O) groups excluding carboxylic acids is 1. The molecular formula is C14H20N2O2S. The first-order chi connectivity index (χ1) is 8.95. The number of benzene rings is 1. The maximum Gasteiger partial charge on any atom is 0.223 e. The third kappa shape index (κ3) is 4.52. The van der Waals surface area contributed by atoms with E-state index in [0.717, 1.165) is 22.4 Å². The van der Waals surface area contributed by atoms with Crippen LogP contribution in [0.4, 0.5) is 0 Å². The van der Waals surface area contributed by atoms with Gasteiger partial charge < -0.3 is 15.8 Å². The smallest absolute Gasteiger partial charge is 0.223 e. The monoisotopic (exact) mass is 280 g/mol. The van der Waals surface area contributed by atoms with Crippen LogP contribution in [-0.2, 0) is 4.79 Å². The number of amides is 1. The van der Waals surface area contributed by atoms with Gasteiger partial charge in [0.1, 0.15) is 10.7 Å². The van der Waals surface area contributed by atoms with Crippen LogP contribution in [-0.4, -0.2) is 24.0 Å². The largest absolute Gasteiger partial charge is 0.493 e. The molecule has 0 aliphatic carbocycles. The Bertz CT molecular complexity index is 463. The van der Waals surface area contributed by atoms with E-state index in [9.17, 15) is 4.79 Å². The lowest BCUT2D eigenvalue weighted by molar-refractivity contribution is -0.121. The van der Waals surface area contributed by atoms with Gasteiger partial charge in [-0.3, -0.25) is 4.79 Å². The maximum absolute atomic E-state index is 11.3. The van der Waals surface area contributed by atoms with Crippen molar-refractivity contribution >= 4 is 23.1 Å². The molecule has 0 radical (unpaired) electrons. The topological polar surface area (TPSA) is 64.3 Å². The molecule has 1 amide bonds. The summed E-state index contributed by atoms with van der Waals surface area (Å²) in [5, 5.41) is 2.73.